The zero-order valence-corrected chi connectivity index (χ0v) is 20.8. The van der Waals surface area contributed by atoms with E-state index in [1.807, 2.05) is 24.3 Å². The SMILES string of the molecule is O=C(O)CCCCc1cc2cc(C(=O)N[C@@H]3CCc4cc(Cl)ccc43)cnc2nc1-c1ccc(F)cc1. The lowest BCUT2D eigenvalue weighted by atomic mass is 9.99. The summed E-state index contributed by atoms with van der Waals surface area (Å²) in [7, 11) is 0. The number of aliphatic carboxylic acids is 1. The molecule has 0 unspecified atom stereocenters. The Hall–Kier alpha value is -3.84. The fraction of sp³-hybridized carbons (Fsp3) is 0.241. The third-order valence-corrected chi connectivity index (χ3v) is 6.94. The minimum absolute atomic E-state index is 0.0840. The van der Waals surface area contributed by atoms with E-state index in [4.69, 9.17) is 21.7 Å². The van der Waals surface area contributed by atoms with E-state index in [9.17, 15) is 14.0 Å². The second-order valence-electron chi connectivity index (χ2n) is 9.28. The van der Waals surface area contributed by atoms with Gasteiger partial charge in [0.2, 0.25) is 0 Å². The molecule has 8 heteroatoms. The first kappa shape index (κ1) is 24.8. The van der Waals surface area contributed by atoms with Crippen LogP contribution in [-0.4, -0.2) is 27.0 Å². The van der Waals surface area contributed by atoms with Crippen LogP contribution in [0.5, 0.6) is 0 Å². The predicted molar refractivity (Wildman–Crippen MR) is 140 cm³/mol. The van der Waals surface area contributed by atoms with Gasteiger partial charge in [-0.05, 0) is 97.3 Å². The second kappa shape index (κ2) is 10.6. The Bertz CT molecular complexity index is 1490. The Morgan fingerprint density at radius 3 is 2.68 bits per heavy atom. The van der Waals surface area contributed by atoms with Crippen LogP contribution in [-0.2, 0) is 17.6 Å². The molecular formula is C29H25ClFN3O3. The number of halogens is 2. The molecule has 2 heterocycles. The average molecular weight is 518 g/mol. The predicted octanol–water partition coefficient (Wildman–Crippen LogP) is 6.30. The van der Waals surface area contributed by atoms with Crippen molar-refractivity contribution in [3.05, 3.63) is 93.9 Å². The van der Waals surface area contributed by atoms with E-state index < -0.39 is 5.97 Å². The highest BCUT2D eigenvalue weighted by Crippen LogP contribution is 2.33. The molecule has 1 atom stereocenters. The Balaban J connectivity index is 1.42. The fourth-order valence-electron chi connectivity index (χ4n) is 4.85. The molecule has 0 saturated carbocycles. The summed E-state index contributed by atoms with van der Waals surface area (Å²) < 4.78 is 13.5. The van der Waals surface area contributed by atoms with Crippen LogP contribution in [0.4, 0.5) is 4.39 Å². The van der Waals surface area contributed by atoms with Crippen molar-refractivity contribution in [3.8, 4) is 11.3 Å². The van der Waals surface area contributed by atoms with Gasteiger partial charge in [-0.25, -0.2) is 14.4 Å². The Kier molecular flexibility index (Phi) is 7.15. The molecule has 188 valence electrons. The minimum atomic E-state index is -0.830. The van der Waals surface area contributed by atoms with E-state index >= 15 is 0 Å². The zero-order chi connectivity index (χ0) is 25.9. The van der Waals surface area contributed by atoms with Crippen molar-refractivity contribution in [2.75, 3.05) is 0 Å². The maximum Gasteiger partial charge on any atom is 0.303 e. The molecule has 0 spiro atoms. The number of unbranched alkanes of at least 4 members (excludes halogenated alkanes) is 1. The third-order valence-electron chi connectivity index (χ3n) is 6.70. The highest BCUT2D eigenvalue weighted by atomic mass is 35.5. The Morgan fingerprint density at radius 1 is 1.08 bits per heavy atom. The summed E-state index contributed by atoms with van der Waals surface area (Å²) in [6.45, 7) is 0. The van der Waals surface area contributed by atoms with Crippen molar-refractivity contribution in [2.45, 2.75) is 44.6 Å². The fourth-order valence-corrected chi connectivity index (χ4v) is 5.04. The molecule has 0 saturated heterocycles. The molecule has 37 heavy (non-hydrogen) atoms. The van der Waals surface area contributed by atoms with E-state index in [0.29, 0.717) is 46.6 Å². The standard InChI is InChI=1S/C29H25ClFN3O3/c30-22-8-11-24-18(15-22)7-12-25(24)33-29(37)21-14-20-13-19(3-1-2-4-26(35)36)27(34-28(20)32-16-21)17-5-9-23(31)10-6-17/h5-6,8-11,13-16,25H,1-4,7,12H2,(H,33,37)(H,35,36)/t25-/m1/s1. The van der Waals surface area contributed by atoms with Gasteiger partial charge in [0, 0.05) is 28.6 Å². The van der Waals surface area contributed by atoms with Crippen molar-refractivity contribution in [3.63, 3.8) is 0 Å². The lowest BCUT2D eigenvalue weighted by Gasteiger charge is -2.15. The van der Waals surface area contributed by atoms with Crippen LogP contribution in [0, 0.1) is 5.82 Å². The lowest BCUT2D eigenvalue weighted by molar-refractivity contribution is -0.137. The number of benzene rings is 2. The normalized spacial score (nSPS) is 14.5. The first-order chi connectivity index (χ1) is 17.9. The van der Waals surface area contributed by atoms with Crippen LogP contribution in [0.1, 0.15) is 58.8 Å². The number of fused-ring (bicyclic) bond motifs is 2. The van der Waals surface area contributed by atoms with E-state index in [2.05, 4.69) is 10.3 Å². The van der Waals surface area contributed by atoms with E-state index in [-0.39, 0.29) is 24.2 Å². The number of nitrogens with one attached hydrogen (secondary N) is 1. The molecule has 5 rings (SSSR count). The number of carbonyl (C=O) groups excluding carboxylic acids is 1. The molecule has 6 nitrogen and oxygen atoms in total. The average Bonchev–Trinajstić information content (AvgIpc) is 3.27. The quantitative estimate of drug-likeness (QED) is 0.267. The number of carbonyl (C=O) groups is 2. The van der Waals surface area contributed by atoms with Gasteiger partial charge >= 0.3 is 5.97 Å². The number of hydrogen-bond donors (Lipinski definition) is 2. The number of carboxylic acid groups (broad SMARTS) is 1. The summed E-state index contributed by atoms with van der Waals surface area (Å²) in [5.74, 6) is -1.38. The second-order valence-corrected chi connectivity index (χ2v) is 9.72. The highest BCUT2D eigenvalue weighted by molar-refractivity contribution is 6.30. The maximum absolute atomic E-state index is 13.5. The number of hydrogen-bond acceptors (Lipinski definition) is 4. The maximum atomic E-state index is 13.5. The van der Waals surface area contributed by atoms with Gasteiger partial charge < -0.3 is 10.4 Å². The molecule has 2 aromatic carbocycles. The van der Waals surface area contributed by atoms with Crippen molar-refractivity contribution in [2.24, 2.45) is 0 Å². The molecule has 4 aromatic rings. The minimum Gasteiger partial charge on any atom is -0.481 e. The van der Waals surface area contributed by atoms with Crippen molar-refractivity contribution >= 4 is 34.5 Å². The molecule has 1 amide bonds. The van der Waals surface area contributed by atoms with E-state index in [0.717, 1.165) is 35.1 Å². The van der Waals surface area contributed by atoms with Crippen LogP contribution < -0.4 is 5.32 Å². The van der Waals surface area contributed by atoms with Gasteiger partial charge in [0.15, 0.2) is 5.65 Å². The highest BCUT2D eigenvalue weighted by Gasteiger charge is 2.25. The van der Waals surface area contributed by atoms with Crippen molar-refractivity contribution in [1.29, 1.82) is 0 Å². The largest absolute Gasteiger partial charge is 0.481 e. The van der Waals surface area contributed by atoms with Gasteiger partial charge in [-0.15, -0.1) is 0 Å². The number of nitrogens with zero attached hydrogens (tertiary/aromatic N) is 2. The molecule has 2 N–H and O–H groups in total. The summed E-state index contributed by atoms with van der Waals surface area (Å²) in [6, 6.07) is 15.5. The van der Waals surface area contributed by atoms with Crippen LogP contribution in [0.3, 0.4) is 0 Å². The number of aromatic nitrogens is 2. The first-order valence-corrected chi connectivity index (χ1v) is 12.6. The molecule has 0 bridgehead atoms. The molecule has 0 fully saturated rings. The summed E-state index contributed by atoms with van der Waals surface area (Å²) in [5.41, 5.74) is 5.47. The van der Waals surface area contributed by atoms with Gasteiger partial charge in [0.05, 0.1) is 17.3 Å². The van der Waals surface area contributed by atoms with E-state index in [1.165, 1.54) is 18.3 Å². The number of carboxylic acids is 1. The summed E-state index contributed by atoms with van der Waals surface area (Å²) >= 11 is 6.11. The first-order valence-electron chi connectivity index (χ1n) is 12.2. The number of rotatable bonds is 8. The molecule has 2 aromatic heterocycles. The summed E-state index contributed by atoms with van der Waals surface area (Å²) in [5, 5.41) is 13.5. The van der Waals surface area contributed by atoms with Crippen LogP contribution in [0.15, 0.2) is 60.8 Å². The molecule has 0 aliphatic heterocycles. The number of pyridine rings is 2. The van der Waals surface area contributed by atoms with Gasteiger partial charge in [-0.1, -0.05) is 17.7 Å². The van der Waals surface area contributed by atoms with Crippen LogP contribution in [0.2, 0.25) is 5.02 Å². The molecule has 0 radical (unpaired) electrons. The number of amides is 1. The topological polar surface area (TPSA) is 92.2 Å². The Labute approximate surface area is 218 Å². The Morgan fingerprint density at radius 2 is 1.89 bits per heavy atom. The van der Waals surface area contributed by atoms with Gasteiger partial charge in [0.25, 0.3) is 5.91 Å². The van der Waals surface area contributed by atoms with Crippen molar-refractivity contribution in [1.82, 2.24) is 15.3 Å². The summed E-state index contributed by atoms with van der Waals surface area (Å²) in [6.07, 6.45) is 5.07. The smallest absolute Gasteiger partial charge is 0.303 e. The van der Waals surface area contributed by atoms with E-state index in [1.54, 1.807) is 18.2 Å². The van der Waals surface area contributed by atoms with Gasteiger partial charge in [0.1, 0.15) is 5.82 Å². The zero-order valence-electron chi connectivity index (χ0n) is 20.0. The van der Waals surface area contributed by atoms with Crippen molar-refractivity contribution < 1.29 is 19.1 Å². The van der Waals surface area contributed by atoms with Gasteiger partial charge in [-0.2, -0.15) is 0 Å². The van der Waals surface area contributed by atoms with Crippen LogP contribution >= 0.6 is 11.6 Å². The third kappa shape index (κ3) is 5.62. The molecule has 1 aliphatic carbocycles. The summed E-state index contributed by atoms with van der Waals surface area (Å²) in [4.78, 5) is 33.2. The monoisotopic (exact) mass is 517 g/mol. The number of aryl methyl sites for hydroxylation is 2. The molecule has 1 aliphatic rings. The van der Waals surface area contributed by atoms with Gasteiger partial charge in [-0.3, -0.25) is 9.59 Å². The van der Waals surface area contributed by atoms with Crippen LogP contribution in [0.25, 0.3) is 22.3 Å². The lowest BCUT2D eigenvalue weighted by Crippen LogP contribution is -2.27. The molecular weight excluding hydrogens is 493 g/mol.